The highest BCUT2D eigenvalue weighted by Gasteiger charge is 2.13. The monoisotopic (exact) mass is 300 g/mol. The van der Waals surface area contributed by atoms with E-state index in [1.807, 2.05) is 31.2 Å². The molecule has 1 atom stereocenters. The molecule has 3 nitrogen and oxygen atoms in total. The van der Waals surface area contributed by atoms with Gasteiger partial charge in [0.15, 0.2) is 0 Å². The highest BCUT2D eigenvalue weighted by molar-refractivity contribution is 5.84. The Labute approximate surface area is 130 Å². The van der Waals surface area contributed by atoms with Gasteiger partial charge in [-0.05, 0) is 49.6 Å². The van der Waals surface area contributed by atoms with Crippen LogP contribution in [-0.4, -0.2) is 11.9 Å². The van der Waals surface area contributed by atoms with Crippen LogP contribution >= 0.6 is 0 Å². The van der Waals surface area contributed by atoms with Gasteiger partial charge in [-0.2, -0.15) is 0 Å². The standard InChI is InChI=1S/C18H21FN2O/c1-12-6-4-5-7-15(12)11-20-18(22)14(3)21-16-9-8-13(2)17(19)10-16/h4-10,14,21H,11H2,1-3H3,(H,20,22). The maximum Gasteiger partial charge on any atom is 0.242 e. The van der Waals surface area contributed by atoms with Crippen LogP contribution in [0.5, 0.6) is 0 Å². The van der Waals surface area contributed by atoms with Crippen LogP contribution < -0.4 is 10.6 Å². The number of nitrogens with one attached hydrogen (secondary N) is 2. The Morgan fingerprint density at radius 2 is 1.86 bits per heavy atom. The van der Waals surface area contributed by atoms with Gasteiger partial charge in [0.1, 0.15) is 11.9 Å². The predicted octanol–water partition coefficient (Wildman–Crippen LogP) is 3.56. The first-order valence-electron chi connectivity index (χ1n) is 7.32. The summed E-state index contributed by atoms with van der Waals surface area (Å²) in [5, 5.41) is 5.90. The third-order valence-electron chi connectivity index (χ3n) is 3.66. The molecule has 0 aliphatic rings. The van der Waals surface area contributed by atoms with Crippen molar-refractivity contribution in [3.8, 4) is 0 Å². The van der Waals surface area contributed by atoms with Crippen molar-refractivity contribution < 1.29 is 9.18 Å². The quantitative estimate of drug-likeness (QED) is 0.886. The van der Waals surface area contributed by atoms with Gasteiger partial charge in [0.05, 0.1) is 0 Å². The van der Waals surface area contributed by atoms with Crippen molar-refractivity contribution in [2.45, 2.75) is 33.4 Å². The molecule has 0 bridgehead atoms. The van der Waals surface area contributed by atoms with Crippen molar-refractivity contribution >= 4 is 11.6 Å². The molecule has 0 saturated heterocycles. The number of anilines is 1. The molecule has 4 heteroatoms. The average molecular weight is 300 g/mol. The predicted molar refractivity (Wildman–Crippen MR) is 87.2 cm³/mol. The van der Waals surface area contributed by atoms with Gasteiger partial charge in [-0.1, -0.05) is 30.3 Å². The molecule has 1 amide bonds. The fourth-order valence-electron chi connectivity index (χ4n) is 2.14. The van der Waals surface area contributed by atoms with E-state index in [-0.39, 0.29) is 11.7 Å². The number of carbonyl (C=O) groups excluding carboxylic acids is 1. The zero-order valence-corrected chi connectivity index (χ0v) is 13.1. The van der Waals surface area contributed by atoms with Crippen molar-refractivity contribution in [1.29, 1.82) is 0 Å². The Balaban J connectivity index is 1.92. The Kier molecular flexibility index (Phi) is 5.15. The van der Waals surface area contributed by atoms with Gasteiger partial charge in [-0.15, -0.1) is 0 Å². The van der Waals surface area contributed by atoms with Gasteiger partial charge >= 0.3 is 0 Å². The Morgan fingerprint density at radius 1 is 1.14 bits per heavy atom. The molecule has 0 saturated carbocycles. The number of benzene rings is 2. The zero-order chi connectivity index (χ0) is 16.1. The third-order valence-corrected chi connectivity index (χ3v) is 3.66. The molecule has 2 N–H and O–H groups in total. The summed E-state index contributed by atoms with van der Waals surface area (Å²) in [6.45, 7) is 5.96. The molecule has 116 valence electrons. The average Bonchev–Trinajstić information content (AvgIpc) is 2.50. The maximum absolute atomic E-state index is 13.5. The van der Waals surface area contributed by atoms with E-state index in [1.54, 1.807) is 26.0 Å². The highest BCUT2D eigenvalue weighted by Crippen LogP contribution is 2.14. The molecule has 0 aliphatic carbocycles. The van der Waals surface area contributed by atoms with E-state index in [2.05, 4.69) is 10.6 Å². The Hall–Kier alpha value is -2.36. The highest BCUT2D eigenvalue weighted by atomic mass is 19.1. The van der Waals surface area contributed by atoms with Crippen molar-refractivity contribution in [2.24, 2.45) is 0 Å². The maximum atomic E-state index is 13.5. The largest absolute Gasteiger partial charge is 0.374 e. The van der Waals surface area contributed by atoms with Crippen LogP contribution in [0.1, 0.15) is 23.6 Å². The smallest absolute Gasteiger partial charge is 0.242 e. The van der Waals surface area contributed by atoms with E-state index >= 15 is 0 Å². The minimum absolute atomic E-state index is 0.121. The van der Waals surface area contributed by atoms with Crippen LogP contribution in [0, 0.1) is 19.7 Å². The molecule has 2 aromatic rings. The van der Waals surface area contributed by atoms with E-state index in [9.17, 15) is 9.18 Å². The second-order valence-corrected chi connectivity index (χ2v) is 5.47. The van der Waals surface area contributed by atoms with Crippen LogP contribution in [0.25, 0.3) is 0 Å². The summed E-state index contributed by atoms with van der Waals surface area (Å²) < 4.78 is 13.5. The topological polar surface area (TPSA) is 41.1 Å². The Bertz CT molecular complexity index is 670. The number of hydrogen-bond donors (Lipinski definition) is 2. The minimum Gasteiger partial charge on any atom is -0.374 e. The van der Waals surface area contributed by atoms with E-state index in [0.29, 0.717) is 17.8 Å². The number of hydrogen-bond acceptors (Lipinski definition) is 2. The number of rotatable bonds is 5. The molecule has 0 aromatic heterocycles. The van der Waals surface area contributed by atoms with Crippen molar-refractivity contribution in [3.05, 3.63) is 65.0 Å². The molecule has 0 aliphatic heterocycles. The van der Waals surface area contributed by atoms with Crippen molar-refractivity contribution in [2.75, 3.05) is 5.32 Å². The van der Waals surface area contributed by atoms with Crippen LogP contribution in [0.4, 0.5) is 10.1 Å². The molecule has 0 spiro atoms. The molecule has 2 rings (SSSR count). The van der Waals surface area contributed by atoms with Crippen LogP contribution in [0.15, 0.2) is 42.5 Å². The molecule has 0 fully saturated rings. The van der Waals surface area contributed by atoms with Crippen molar-refractivity contribution in [1.82, 2.24) is 5.32 Å². The lowest BCUT2D eigenvalue weighted by atomic mass is 10.1. The summed E-state index contributed by atoms with van der Waals surface area (Å²) in [5.74, 6) is -0.401. The summed E-state index contributed by atoms with van der Waals surface area (Å²) in [7, 11) is 0. The fraction of sp³-hybridized carbons (Fsp3) is 0.278. The summed E-state index contributed by atoms with van der Waals surface area (Å²) >= 11 is 0. The fourth-order valence-corrected chi connectivity index (χ4v) is 2.14. The van der Waals surface area contributed by atoms with Gasteiger partial charge in [0.2, 0.25) is 5.91 Å². The van der Waals surface area contributed by atoms with Gasteiger partial charge in [0.25, 0.3) is 0 Å². The molecule has 0 heterocycles. The normalized spacial score (nSPS) is 11.8. The number of amides is 1. The second-order valence-electron chi connectivity index (χ2n) is 5.47. The first-order chi connectivity index (χ1) is 10.5. The molecular formula is C18H21FN2O. The third kappa shape index (κ3) is 4.07. The first kappa shape index (κ1) is 16.0. The SMILES string of the molecule is Cc1ccc(NC(C)C(=O)NCc2ccccc2C)cc1F. The lowest BCUT2D eigenvalue weighted by molar-refractivity contribution is -0.121. The van der Waals surface area contributed by atoms with E-state index in [4.69, 9.17) is 0 Å². The van der Waals surface area contributed by atoms with Crippen molar-refractivity contribution in [3.63, 3.8) is 0 Å². The van der Waals surface area contributed by atoms with Gasteiger partial charge < -0.3 is 10.6 Å². The minimum atomic E-state index is -0.439. The zero-order valence-electron chi connectivity index (χ0n) is 13.1. The number of aryl methyl sites for hydroxylation is 2. The van der Waals surface area contributed by atoms with Crippen LogP contribution in [-0.2, 0) is 11.3 Å². The molecule has 0 radical (unpaired) electrons. The lowest BCUT2D eigenvalue weighted by Gasteiger charge is -2.16. The lowest BCUT2D eigenvalue weighted by Crippen LogP contribution is -2.37. The van der Waals surface area contributed by atoms with E-state index in [1.165, 1.54) is 6.07 Å². The first-order valence-corrected chi connectivity index (χ1v) is 7.32. The molecule has 1 unspecified atom stereocenters. The molecular weight excluding hydrogens is 279 g/mol. The summed E-state index contributed by atoms with van der Waals surface area (Å²) in [5.41, 5.74) is 3.41. The molecule has 22 heavy (non-hydrogen) atoms. The van der Waals surface area contributed by atoms with Gasteiger partial charge in [-0.3, -0.25) is 4.79 Å². The second kappa shape index (κ2) is 7.07. The van der Waals surface area contributed by atoms with Gasteiger partial charge in [0, 0.05) is 12.2 Å². The summed E-state index contributed by atoms with van der Waals surface area (Å²) in [6, 6.07) is 12.3. The van der Waals surface area contributed by atoms with E-state index < -0.39 is 6.04 Å². The van der Waals surface area contributed by atoms with E-state index in [0.717, 1.165) is 11.1 Å². The van der Waals surface area contributed by atoms with Crippen LogP contribution in [0.2, 0.25) is 0 Å². The Morgan fingerprint density at radius 3 is 2.55 bits per heavy atom. The number of carbonyl (C=O) groups is 1. The summed E-state index contributed by atoms with van der Waals surface area (Å²) in [6.07, 6.45) is 0. The molecule has 2 aromatic carbocycles. The number of halogens is 1. The summed E-state index contributed by atoms with van der Waals surface area (Å²) in [4.78, 5) is 12.1. The van der Waals surface area contributed by atoms with Gasteiger partial charge in [-0.25, -0.2) is 4.39 Å². The van der Waals surface area contributed by atoms with Crippen LogP contribution in [0.3, 0.4) is 0 Å².